The fourth-order valence-corrected chi connectivity index (χ4v) is 2.96. The summed E-state index contributed by atoms with van der Waals surface area (Å²) in [6.45, 7) is 6.24. The molecule has 1 atom stereocenters. The van der Waals surface area contributed by atoms with Crippen LogP contribution in [0.25, 0.3) is 0 Å². The Bertz CT molecular complexity index is 752. The highest BCUT2D eigenvalue weighted by Crippen LogP contribution is 2.26. The molecule has 0 aliphatic carbocycles. The van der Waals surface area contributed by atoms with Gasteiger partial charge < -0.3 is 19.6 Å². The van der Waals surface area contributed by atoms with Crippen LogP contribution in [0.5, 0.6) is 0 Å². The summed E-state index contributed by atoms with van der Waals surface area (Å²) in [5.41, 5.74) is -1.27. The summed E-state index contributed by atoms with van der Waals surface area (Å²) in [6, 6.07) is 0.299. The molecule has 1 aromatic carbocycles. The second-order valence-electron chi connectivity index (χ2n) is 7.42. The van der Waals surface area contributed by atoms with E-state index in [0.29, 0.717) is 0 Å². The van der Waals surface area contributed by atoms with E-state index in [9.17, 15) is 23.5 Å². The van der Waals surface area contributed by atoms with E-state index in [1.165, 1.54) is 16.7 Å². The van der Waals surface area contributed by atoms with Crippen molar-refractivity contribution in [1.29, 1.82) is 0 Å². The standard InChI is InChI=1S/C18H23ClF2N2O4/c1-10-13(19)7-12(15(21)14(10)20)16(25)23-6-5-22(8-11(23)9-24)17(26)27-18(2,3)4/h7,11,24H,5-6,8-9H2,1-4H3. The van der Waals surface area contributed by atoms with Crippen molar-refractivity contribution in [3.05, 3.63) is 33.9 Å². The first kappa shape index (κ1) is 21.4. The number of rotatable bonds is 2. The van der Waals surface area contributed by atoms with Gasteiger partial charge in [0, 0.05) is 30.2 Å². The van der Waals surface area contributed by atoms with Crippen LogP contribution in [0.4, 0.5) is 13.6 Å². The number of carbonyl (C=O) groups is 2. The zero-order valence-electron chi connectivity index (χ0n) is 15.7. The van der Waals surface area contributed by atoms with Gasteiger partial charge in [0.15, 0.2) is 11.6 Å². The molecule has 150 valence electrons. The number of ether oxygens (including phenoxy) is 1. The summed E-state index contributed by atoms with van der Waals surface area (Å²) in [6.07, 6.45) is -0.566. The summed E-state index contributed by atoms with van der Waals surface area (Å²) < 4.78 is 33.5. The smallest absolute Gasteiger partial charge is 0.410 e. The number of aliphatic hydroxyl groups excluding tert-OH is 1. The molecule has 0 bridgehead atoms. The van der Waals surface area contributed by atoms with E-state index < -0.39 is 47.4 Å². The molecule has 1 fully saturated rings. The first-order chi connectivity index (χ1) is 12.5. The molecule has 1 aromatic rings. The zero-order chi connectivity index (χ0) is 20.5. The molecule has 1 aliphatic heterocycles. The number of aliphatic hydroxyl groups is 1. The predicted octanol–water partition coefficient (Wildman–Crippen LogP) is 2.98. The second-order valence-corrected chi connectivity index (χ2v) is 7.83. The van der Waals surface area contributed by atoms with Crippen molar-refractivity contribution < 1.29 is 28.2 Å². The van der Waals surface area contributed by atoms with Crippen molar-refractivity contribution in [1.82, 2.24) is 9.80 Å². The van der Waals surface area contributed by atoms with Crippen molar-refractivity contribution in [2.45, 2.75) is 39.3 Å². The van der Waals surface area contributed by atoms with Crippen molar-refractivity contribution >= 4 is 23.6 Å². The SMILES string of the molecule is Cc1c(Cl)cc(C(=O)N2CCN(C(=O)OC(C)(C)C)CC2CO)c(F)c1F. The van der Waals surface area contributed by atoms with Crippen LogP contribution in [0, 0.1) is 18.6 Å². The molecule has 2 amide bonds. The average molecular weight is 405 g/mol. The van der Waals surface area contributed by atoms with Crippen LogP contribution < -0.4 is 0 Å². The molecule has 0 aromatic heterocycles. The third-order valence-corrected chi connectivity index (χ3v) is 4.62. The summed E-state index contributed by atoms with van der Waals surface area (Å²) in [5, 5.41) is 9.58. The van der Waals surface area contributed by atoms with E-state index in [0.717, 1.165) is 6.07 Å². The fourth-order valence-electron chi connectivity index (χ4n) is 2.77. The quantitative estimate of drug-likeness (QED) is 0.769. The van der Waals surface area contributed by atoms with Crippen molar-refractivity contribution in [2.75, 3.05) is 26.2 Å². The lowest BCUT2D eigenvalue weighted by molar-refractivity contribution is -0.00256. The Balaban J connectivity index is 2.21. The van der Waals surface area contributed by atoms with Crippen LogP contribution >= 0.6 is 11.6 Å². The third-order valence-electron chi connectivity index (χ3n) is 4.22. The number of hydrogen-bond acceptors (Lipinski definition) is 4. The molecule has 1 aliphatic rings. The van der Waals surface area contributed by atoms with Crippen LogP contribution in [-0.2, 0) is 4.74 Å². The van der Waals surface area contributed by atoms with Gasteiger partial charge in [-0.2, -0.15) is 0 Å². The summed E-state index contributed by atoms with van der Waals surface area (Å²) in [5.74, 6) is -3.26. The van der Waals surface area contributed by atoms with Crippen LogP contribution in [0.3, 0.4) is 0 Å². The molecule has 0 radical (unpaired) electrons. The molecule has 1 unspecified atom stereocenters. The lowest BCUT2D eigenvalue weighted by Gasteiger charge is -2.41. The normalized spacial score (nSPS) is 17.9. The van der Waals surface area contributed by atoms with Gasteiger partial charge in [-0.05, 0) is 33.8 Å². The number of amides is 2. The van der Waals surface area contributed by atoms with Gasteiger partial charge in [-0.3, -0.25) is 4.79 Å². The fraction of sp³-hybridized carbons (Fsp3) is 0.556. The van der Waals surface area contributed by atoms with Gasteiger partial charge in [0.05, 0.1) is 18.2 Å². The monoisotopic (exact) mass is 404 g/mol. The number of nitrogens with zero attached hydrogens (tertiary/aromatic N) is 2. The molecule has 27 heavy (non-hydrogen) atoms. The minimum atomic E-state index is -1.28. The van der Waals surface area contributed by atoms with E-state index in [2.05, 4.69) is 0 Å². The highest BCUT2D eigenvalue weighted by atomic mass is 35.5. The van der Waals surface area contributed by atoms with E-state index in [1.807, 2.05) is 0 Å². The Morgan fingerprint density at radius 1 is 1.30 bits per heavy atom. The number of piperazine rings is 1. The molecule has 1 heterocycles. The first-order valence-corrected chi connectivity index (χ1v) is 8.88. The molecule has 9 heteroatoms. The molecule has 6 nitrogen and oxygen atoms in total. The van der Waals surface area contributed by atoms with E-state index in [-0.39, 0.29) is 30.2 Å². The predicted molar refractivity (Wildman–Crippen MR) is 95.8 cm³/mol. The summed E-state index contributed by atoms with van der Waals surface area (Å²) in [7, 11) is 0. The topological polar surface area (TPSA) is 70.1 Å². The zero-order valence-corrected chi connectivity index (χ0v) is 16.4. The van der Waals surface area contributed by atoms with Crippen LogP contribution in [0.2, 0.25) is 5.02 Å². The Morgan fingerprint density at radius 2 is 1.93 bits per heavy atom. The lowest BCUT2D eigenvalue weighted by Crippen LogP contribution is -2.58. The third kappa shape index (κ3) is 4.68. The number of benzene rings is 1. The molecule has 0 spiro atoms. The largest absolute Gasteiger partial charge is 0.444 e. The first-order valence-electron chi connectivity index (χ1n) is 8.50. The van der Waals surface area contributed by atoms with Crippen molar-refractivity contribution in [3.63, 3.8) is 0 Å². The highest BCUT2D eigenvalue weighted by Gasteiger charge is 2.35. The van der Waals surface area contributed by atoms with Gasteiger partial charge in [-0.15, -0.1) is 0 Å². The average Bonchev–Trinajstić information content (AvgIpc) is 2.60. The maximum atomic E-state index is 14.2. The minimum absolute atomic E-state index is 0.0147. The van der Waals surface area contributed by atoms with Crippen molar-refractivity contribution in [2.24, 2.45) is 0 Å². The van der Waals surface area contributed by atoms with Crippen LogP contribution in [0.15, 0.2) is 6.07 Å². The van der Waals surface area contributed by atoms with Gasteiger partial charge in [-0.25, -0.2) is 13.6 Å². The Labute approximate surface area is 161 Å². The molecule has 1 N–H and O–H groups in total. The van der Waals surface area contributed by atoms with Gasteiger partial charge in [0.2, 0.25) is 0 Å². The highest BCUT2D eigenvalue weighted by molar-refractivity contribution is 6.31. The van der Waals surface area contributed by atoms with E-state index >= 15 is 0 Å². The molecule has 2 rings (SSSR count). The lowest BCUT2D eigenvalue weighted by atomic mass is 10.1. The molecular weight excluding hydrogens is 382 g/mol. The van der Waals surface area contributed by atoms with Gasteiger partial charge in [0.25, 0.3) is 5.91 Å². The number of carbonyl (C=O) groups excluding carboxylic acids is 2. The number of hydrogen-bond donors (Lipinski definition) is 1. The maximum absolute atomic E-state index is 14.2. The Morgan fingerprint density at radius 3 is 2.48 bits per heavy atom. The van der Waals surface area contributed by atoms with Gasteiger partial charge in [0.1, 0.15) is 5.60 Å². The second kappa shape index (κ2) is 7.98. The maximum Gasteiger partial charge on any atom is 0.410 e. The Kier molecular flexibility index (Phi) is 6.32. The number of halogens is 3. The summed E-state index contributed by atoms with van der Waals surface area (Å²) >= 11 is 5.87. The van der Waals surface area contributed by atoms with E-state index in [4.69, 9.17) is 16.3 Å². The van der Waals surface area contributed by atoms with Crippen LogP contribution in [-0.4, -0.2) is 64.8 Å². The van der Waals surface area contributed by atoms with Gasteiger partial charge in [-0.1, -0.05) is 11.6 Å². The summed E-state index contributed by atoms with van der Waals surface area (Å²) in [4.78, 5) is 27.5. The Hall–Kier alpha value is -1.93. The van der Waals surface area contributed by atoms with Gasteiger partial charge >= 0.3 is 6.09 Å². The molecule has 1 saturated heterocycles. The van der Waals surface area contributed by atoms with Crippen LogP contribution in [0.1, 0.15) is 36.7 Å². The minimum Gasteiger partial charge on any atom is -0.444 e. The van der Waals surface area contributed by atoms with E-state index in [1.54, 1.807) is 20.8 Å². The molecule has 0 saturated carbocycles. The van der Waals surface area contributed by atoms with Crippen molar-refractivity contribution in [3.8, 4) is 0 Å². The molecular formula is C18H23ClF2N2O4.